The van der Waals surface area contributed by atoms with Gasteiger partial charge in [-0.25, -0.2) is 4.79 Å². The lowest BCUT2D eigenvalue weighted by atomic mass is 9.97. The van der Waals surface area contributed by atoms with Gasteiger partial charge in [-0.1, -0.05) is 19.1 Å². The van der Waals surface area contributed by atoms with E-state index in [-0.39, 0.29) is 24.5 Å². The van der Waals surface area contributed by atoms with Crippen molar-refractivity contribution >= 4 is 11.9 Å². The second kappa shape index (κ2) is 7.46. The Labute approximate surface area is 136 Å². The molecule has 6 nitrogen and oxygen atoms in total. The lowest BCUT2D eigenvalue weighted by Gasteiger charge is -2.35. The van der Waals surface area contributed by atoms with Crippen LogP contribution in [0, 0.1) is 0 Å². The molecule has 0 aromatic heterocycles. The molecule has 23 heavy (non-hydrogen) atoms. The third-order valence-corrected chi connectivity index (χ3v) is 4.05. The second-order valence-corrected chi connectivity index (χ2v) is 5.95. The summed E-state index contributed by atoms with van der Waals surface area (Å²) in [7, 11) is 1.61. The largest absolute Gasteiger partial charge is 0.497 e. The van der Waals surface area contributed by atoms with Gasteiger partial charge in [0.25, 0.3) is 0 Å². The van der Waals surface area contributed by atoms with Crippen LogP contribution in [0.2, 0.25) is 0 Å². The maximum Gasteiger partial charge on any atom is 0.334 e. The van der Waals surface area contributed by atoms with Crippen LogP contribution in [0.5, 0.6) is 5.75 Å². The van der Waals surface area contributed by atoms with Gasteiger partial charge in [0.1, 0.15) is 5.75 Å². The first kappa shape index (κ1) is 17.3. The number of hydrogen-bond donors (Lipinski definition) is 1. The summed E-state index contributed by atoms with van der Waals surface area (Å²) in [6, 6.07) is 7.62. The zero-order valence-electron chi connectivity index (χ0n) is 13.7. The number of amides is 1. The number of benzene rings is 1. The van der Waals surface area contributed by atoms with E-state index >= 15 is 0 Å². The van der Waals surface area contributed by atoms with Gasteiger partial charge in [0.15, 0.2) is 6.10 Å². The molecule has 1 aliphatic rings. The van der Waals surface area contributed by atoms with Crippen molar-refractivity contribution in [3.63, 3.8) is 0 Å². The van der Waals surface area contributed by atoms with Crippen LogP contribution >= 0.6 is 0 Å². The first-order valence-corrected chi connectivity index (χ1v) is 7.70. The van der Waals surface area contributed by atoms with E-state index in [4.69, 9.17) is 14.6 Å². The molecule has 1 aromatic carbocycles. The van der Waals surface area contributed by atoms with Gasteiger partial charge in [0, 0.05) is 13.0 Å². The molecule has 126 valence electrons. The van der Waals surface area contributed by atoms with Gasteiger partial charge in [-0.2, -0.15) is 0 Å². The third-order valence-electron chi connectivity index (χ3n) is 4.05. The maximum atomic E-state index is 12.5. The Bertz CT molecular complexity index is 557. The topological polar surface area (TPSA) is 76.1 Å². The number of aliphatic carboxylic acids is 1. The monoisotopic (exact) mass is 321 g/mol. The van der Waals surface area contributed by atoms with Crippen LogP contribution in [0.4, 0.5) is 0 Å². The number of methoxy groups -OCH3 is 1. The highest BCUT2D eigenvalue weighted by molar-refractivity contribution is 5.79. The highest BCUT2D eigenvalue weighted by Crippen LogP contribution is 2.23. The Kier molecular flexibility index (Phi) is 5.60. The van der Waals surface area contributed by atoms with E-state index in [0.29, 0.717) is 13.0 Å². The number of carboxylic acid groups (broad SMARTS) is 1. The molecule has 0 spiro atoms. The fourth-order valence-corrected chi connectivity index (χ4v) is 2.73. The van der Waals surface area contributed by atoms with Crippen LogP contribution in [0.15, 0.2) is 24.3 Å². The Balaban J connectivity index is 1.98. The van der Waals surface area contributed by atoms with Gasteiger partial charge in [-0.15, -0.1) is 0 Å². The Morgan fingerprint density at radius 3 is 2.57 bits per heavy atom. The van der Waals surface area contributed by atoms with E-state index in [1.165, 1.54) is 0 Å². The first-order valence-electron chi connectivity index (χ1n) is 7.70. The molecule has 0 saturated carbocycles. The van der Waals surface area contributed by atoms with Crippen LogP contribution < -0.4 is 4.74 Å². The summed E-state index contributed by atoms with van der Waals surface area (Å²) in [5.41, 5.74) is 1.05. The van der Waals surface area contributed by atoms with E-state index in [1.54, 1.807) is 18.9 Å². The quantitative estimate of drug-likeness (QED) is 0.896. The summed E-state index contributed by atoms with van der Waals surface area (Å²) in [5, 5.41) is 9.09. The van der Waals surface area contributed by atoms with E-state index in [2.05, 4.69) is 0 Å². The van der Waals surface area contributed by atoms with Gasteiger partial charge in [0.05, 0.1) is 19.8 Å². The molecule has 1 N–H and O–H groups in total. The molecule has 1 heterocycles. The van der Waals surface area contributed by atoms with Crippen molar-refractivity contribution in [1.29, 1.82) is 0 Å². The van der Waals surface area contributed by atoms with Crippen molar-refractivity contribution in [2.24, 2.45) is 0 Å². The zero-order chi connectivity index (χ0) is 17.0. The second-order valence-electron chi connectivity index (χ2n) is 5.95. The van der Waals surface area contributed by atoms with Crippen LogP contribution in [-0.4, -0.2) is 54.3 Å². The van der Waals surface area contributed by atoms with Crippen LogP contribution in [0.3, 0.4) is 0 Å². The maximum absolute atomic E-state index is 12.5. The Morgan fingerprint density at radius 1 is 1.35 bits per heavy atom. The molecular weight excluding hydrogens is 298 g/mol. The molecule has 0 aliphatic carbocycles. The molecule has 1 amide bonds. The predicted molar refractivity (Wildman–Crippen MR) is 84.6 cm³/mol. The van der Waals surface area contributed by atoms with Crippen molar-refractivity contribution < 1.29 is 24.2 Å². The highest BCUT2D eigenvalue weighted by atomic mass is 16.5. The average Bonchev–Trinajstić information content (AvgIpc) is 2.54. The smallest absolute Gasteiger partial charge is 0.334 e. The first-order chi connectivity index (χ1) is 10.9. The number of rotatable bonds is 5. The number of carboxylic acids is 1. The lowest BCUT2D eigenvalue weighted by molar-refractivity contribution is -0.166. The molecular formula is C17H23NO5. The molecule has 1 fully saturated rings. The summed E-state index contributed by atoms with van der Waals surface area (Å²) >= 11 is 0. The zero-order valence-corrected chi connectivity index (χ0v) is 13.7. The predicted octanol–water partition coefficient (Wildman–Crippen LogP) is 1.89. The van der Waals surface area contributed by atoms with Gasteiger partial charge in [-0.05, 0) is 30.5 Å². The minimum absolute atomic E-state index is 0.0466. The average molecular weight is 321 g/mol. The van der Waals surface area contributed by atoms with Crippen LogP contribution in [-0.2, 0) is 14.3 Å². The van der Waals surface area contributed by atoms with E-state index in [1.807, 2.05) is 31.2 Å². The standard InChI is InChI=1S/C17H23NO5/c1-11(13-4-6-14(22-3)7-5-13)8-16(19)18-9-12(2)23-15(10-18)17(20)21/h4-7,11-12,15H,8-10H2,1-3H3,(H,20,21)/t11?,12-,15?/m1/s1. The third kappa shape index (κ3) is 4.45. The molecule has 1 aromatic rings. The summed E-state index contributed by atoms with van der Waals surface area (Å²) in [6.45, 7) is 4.30. The summed E-state index contributed by atoms with van der Waals surface area (Å²) in [6.07, 6.45) is -0.880. The number of hydrogen-bond acceptors (Lipinski definition) is 4. The van der Waals surface area contributed by atoms with Crippen molar-refractivity contribution in [3.8, 4) is 5.75 Å². The van der Waals surface area contributed by atoms with E-state index in [0.717, 1.165) is 11.3 Å². The SMILES string of the molecule is COc1ccc(C(C)CC(=O)N2CC(C(=O)O)O[C@H](C)C2)cc1. The Hall–Kier alpha value is -2.08. The number of ether oxygens (including phenoxy) is 2. The minimum Gasteiger partial charge on any atom is -0.497 e. The molecule has 2 rings (SSSR count). The molecule has 3 atom stereocenters. The number of nitrogens with zero attached hydrogens (tertiary/aromatic N) is 1. The number of carbonyl (C=O) groups excluding carboxylic acids is 1. The molecule has 0 bridgehead atoms. The van der Waals surface area contributed by atoms with Gasteiger partial charge in [0.2, 0.25) is 5.91 Å². The van der Waals surface area contributed by atoms with Crippen molar-refractivity contribution in [1.82, 2.24) is 4.90 Å². The fraction of sp³-hybridized carbons (Fsp3) is 0.529. The van der Waals surface area contributed by atoms with Crippen LogP contribution in [0.1, 0.15) is 31.7 Å². The Morgan fingerprint density at radius 2 is 2.00 bits per heavy atom. The molecule has 2 unspecified atom stereocenters. The number of morpholine rings is 1. The van der Waals surface area contributed by atoms with E-state index in [9.17, 15) is 9.59 Å². The lowest BCUT2D eigenvalue weighted by Crippen LogP contribution is -2.51. The minimum atomic E-state index is -1.03. The summed E-state index contributed by atoms with van der Waals surface area (Å²) in [5.74, 6) is -0.249. The normalized spacial score (nSPS) is 22.5. The number of carbonyl (C=O) groups is 2. The molecule has 1 aliphatic heterocycles. The van der Waals surface area contributed by atoms with Crippen LogP contribution in [0.25, 0.3) is 0 Å². The molecule has 1 saturated heterocycles. The molecule has 0 radical (unpaired) electrons. The van der Waals surface area contributed by atoms with Gasteiger partial charge < -0.3 is 19.5 Å². The van der Waals surface area contributed by atoms with Crippen molar-refractivity contribution in [3.05, 3.63) is 29.8 Å². The fourth-order valence-electron chi connectivity index (χ4n) is 2.73. The van der Waals surface area contributed by atoms with Gasteiger partial charge >= 0.3 is 5.97 Å². The highest BCUT2D eigenvalue weighted by Gasteiger charge is 2.32. The molecule has 6 heteroatoms. The van der Waals surface area contributed by atoms with E-state index < -0.39 is 12.1 Å². The summed E-state index contributed by atoms with van der Waals surface area (Å²) < 4.78 is 10.5. The van der Waals surface area contributed by atoms with Crippen molar-refractivity contribution in [2.45, 2.75) is 38.4 Å². The summed E-state index contributed by atoms with van der Waals surface area (Å²) in [4.78, 5) is 25.2. The van der Waals surface area contributed by atoms with Crippen molar-refractivity contribution in [2.75, 3.05) is 20.2 Å². The van der Waals surface area contributed by atoms with Gasteiger partial charge in [-0.3, -0.25) is 4.79 Å².